The van der Waals surface area contributed by atoms with Crippen LogP contribution in [0, 0.1) is 0 Å². The van der Waals surface area contributed by atoms with Crippen molar-refractivity contribution < 1.29 is 47.9 Å². The lowest BCUT2D eigenvalue weighted by Gasteiger charge is -2.48. The first-order chi connectivity index (χ1) is 73.0. The largest absolute Gasteiger partial charge is 0.336 e. The van der Waals surface area contributed by atoms with Gasteiger partial charge in [0.25, 0.3) is 59.1 Å². The van der Waals surface area contributed by atoms with Crippen molar-refractivity contribution in [1.82, 2.24) is 120 Å². The van der Waals surface area contributed by atoms with E-state index in [-0.39, 0.29) is 59.1 Å². The van der Waals surface area contributed by atoms with Crippen molar-refractivity contribution in [1.29, 1.82) is 0 Å². The summed E-state index contributed by atoms with van der Waals surface area (Å²) < 4.78 is 0. The van der Waals surface area contributed by atoms with Gasteiger partial charge in [-0.1, -0.05) is 78.9 Å². The number of benzene rings is 6. The molecule has 12 saturated heterocycles. The molecule has 25 rings (SSSR count). The zero-order valence-corrected chi connectivity index (χ0v) is 87.9. The third kappa shape index (κ3) is 23.9. The Morgan fingerprint density at radius 2 is 0.644 bits per heavy atom. The number of nitrogens with zero attached hydrogens (tertiary/aromatic N) is 19. The molecule has 19 heterocycles. The maximum absolute atomic E-state index is 13.2. The Balaban J connectivity index is 0.000000109. The Morgan fingerprint density at radius 3 is 1.07 bits per heavy atom. The van der Waals surface area contributed by atoms with Crippen LogP contribution in [0.2, 0.25) is 0 Å². The smallest absolute Gasteiger partial charge is 0.282 e. The molecule has 4 aromatic heterocycles. The molecular formula is C111H134N24O10S4. The number of carbonyl (C=O) groups is 10. The second-order valence-electron chi connectivity index (χ2n) is 41.3. The number of piperidine rings is 1. The predicted octanol–water partition coefficient (Wildman–Crippen LogP) is 7.15. The third-order valence-corrected chi connectivity index (χ3v) is 35.3. The molecule has 15 aliphatic rings. The minimum atomic E-state index is 0.0266. The van der Waals surface area contributed by atoms with Crippen molar-refractivity contribution in [3.05, 3.63) is 278 Å². The zero-order valence-electron chi connectivity index (χ0n) is 84.6. The van der Waals surface area contributed by atoms with Gasteiger partial charge >= 0.3 is 0 Å². The first kappa shape index (κ1) is 103. The molecule has 5 N–H and O–H groups in total. The van der Waals surface area contributed by atoms with Crippen LogP contribution >= 0.6 is 45.3 Å². The fraction of sp³-hybridized carbons (Fsp3) is 0.477. The van der Waals surface area contributed by atoms with Crippen LogP contribution in [0.5, 0.6) is 0 Å². The fourth-order valence-electron chi connectivity index (χ4n) is 23.3. The molecule has 1 atom stereocenters. The number of hydrogen-bond acceptors (Lipinski definition) is 28. The minimum absolute atomic E-state index is 0.0266. The van der Waals surface area contributed by atoms with E-state index in [0.717, 1.165) is 321 Å². The summed E-state index contributed by atoms with van der Waals surface area (Å²) in [4.78, 5) is 175. The fourth-order valence-corrected chi connectivity index (χ4v) is 25.6. The molecule has 0 radical (unpaired) electrons. The lowest BCUT2D eigenvalue weighted by atomic mass is 9.89. The molecule has 0 aliphatic carbocycles. The summed E-state index contributed by atoms with van der Waals surface area (Å²) in [7, 11) is 0. The monoisotopic (exact) mass is 2090 g/mol. The summed E-state index contributed by atoms with van der Waals surface area (Å²) in [5.41, 5.74) is 19.5. The number of likely N-dealkylation sites (tertiary alicyclic amines) is 5. The SMILES string of the molecule is O=C(c1ccc(C2CCNCC2)cc1)N1CC(N2CCN(C(=O)c3nccs3)CC2)C1.O=C(c1ccc2c(c1)CCNC2)N1CC(N2CCN(C(=O)c3cscn3)CC2)C1.O=C(c1ccccc1)N1CCN(C2CN(C(=O)c3ccccc3[C@@H]3CCNC3)C2)CC1.O=C(c1cscn1)N1CCN(C2CN(C(=O)c3cccc4c3CNCC4)C2)CC1.O=C(c1nccs1)N1CCN(C2CN(C(=O)c3cccc4c3CNCC4)C2)CC1. The molecule has 38 heteroatoms. The van der Waals surface area contributed by atoms with Gasteiger partial charge < -0.3 is 75.6 Å². The lowest BCUT2D eigenvalue weighted by molar-refractivity contribution is 0.00791. The normalized spacial score (nSPS) is 20.9. The van der Waals surface area contributed by atoms with E-state index in [1.54, 1.807) is 28.8 Å². The van der Waals surface area contributed by atoms with Crippen molar-refractivity contribution in [2.45, 2.75) is 100 Å². The van der Waals surface area contributed by atoms with Crippen LogP contribution in [-0.2, 0) is 38.9 Å². The highest BCUT2D eigenvalue weighted by atomic mass is 32.1. The number of carbonyl (C=O) groups excluding carboxylic acids is 10. The number of nitrogens with one attached hydrogen (secondary N) is 5. The van der Waals surface area contributed by atoms with Crippen LogP contribution < -0.4 is 26.6 Å². The van der Waals surface area contributed by atoms with E-state index >= 15 is 0 Å². The number of amides is 10. The summed E-state index contributed by atoms with van der Waals surface area (Å²) in [5.74, 6) is 2.02. The second kappa shape index (κ2) is 48.2. The second-order valence-corrected chi connectivity index (χ2v) is 44.5. The lowest BCUT2D eigenvalue weighted by Crippen LogP contribution is -2.64. The number of piperazine rings is 5. The van der Waals surface area contributed by atoms with Gasteiger partial charge in [0.15, 0.2) is 10.0 Å². The summed E-state index contributed by atoms with van der Waals surface area (Å²) in [6.45, 7) is 33.1. The van der Waals surface area contributed by atoms with Gasteiger partial charge in [0.2, 0.25) is 0 Å². The van der Waals surface area contributed by atoms with Crippen molar-refractivity contribution in [3.63, 3.8) is 0 Å². The van der Waals surface area contributed by atoms with Gasteiger partial charge in [-0.3, -0.25) is 72.4 Å². The van der Waals surface area contributed by atoms with Crippen LogP contribution in [0.3, 0.4) is 0 Å². The Hall–Kier alpha value is -11.9. The molecule has 15 aliphatic heterocycles. The van der Waals surface area contributed by atoms with Gasteiger partial charge in [-0.2, -0.15) is 0 Å². The van der Waals surface area contributed by atoms with Crippen LogP contribution in [0.25, 0.3) is 0 Å². The van der Waals surface area contributed by atoms with Gasteiger partial charge in [-0.25, -0.2) is 19.9 Å². The summed E-state index contributed by atoms with van der Waals surface area (Å²) in [6, 6.07) is 46.2. The molecule has 34 nitrogen and oxygen atoms in total. The Morgan fingerprint density at radius 1 is 0.282 bits per heavy atom. The van der Waals surface area contributed by atoms with E-state index in [1.807, 2.05) is 156 Å². The molecule has 0 bridgehead atoms. The van der Waals surface area contributed by atoms with Gasteiger partial charge in [0.05, 0.1) is 11.0 Å². The highest BCUT2D eigenvalue weighted by Crippen LogP contribution is 2.35. The highest BCUT2D eigenvalue weighted by Gasteiger charge is 2.45. The van der Waals surface area contributed by atoms with Crippen molar-refractivity contribution in [2.75, 3.05) is 242 Å². The van der Waals surface area contributed by atoms with Crippen LogP contribution in [0.15, 0.2) is 178 Å². The molecular weight excluding hydrogens is 1960 g/mol. The average Bonchev–Trinajstić information content (AvgIpc) is 1.50. The number of hydrogen-bond donors (Lipinski definition) is 5. The Kier molecular flexibility index (Phi) is 33.3. The Bertz CT molecular complexity index is 6130. The zero-order chi connectivity index (χ0) is 102. The van der Waals surface area contributed by atoms with E-state index in [4.69, 9.17) is 0 Å². The first-order valence-corrected chi connectivity index (χ1v) is 56.9. The molecule has 782 valence electrons. The number of thiazole rings is 4. The molecule has 12 fully saturated rings. The maximum atomic E-state index is 13.2. The van der Waals surface area contributed by atoms with Gasteiger partial charge in [-0.05, 0) is 189 Å². The summed E-state index contributed by atoms with van der Waals surface area (Å²) >= 11 is 5.69. The maximum Gasteiger partial charge on any atom is 0.282 e. The molecule has 149 heavy (non-hydrogen) atoms. The van der Waals surface area contributed by atoms with Gasteiger partial charge in [0, 0.05) is 320 Å². The van der Waals surface area contributed by atoms with Crippen molar-refractivity contribution >= 4 is 104 Å². The molecule has 10 amide bonds. The standard InChI is InChI=1S/C25H30N4O2.C23H29N5O2S.3C21H25N5O2S/c30-24(19-6-2-1-3-7-19)28-14-12-27(13-15-28)21-17-29(18-21)25(31)23-9-5-4-8-22(23)20-10-11-26-16-20;29-22(19-3-1-17(2-4-19)18-5-7-24-8-6-18)28-15-20(16-28)26-10-12-27(13-11-26)23(30)21-25-9-14-31-21;27-20(16-1-2-17-10-22-4-3-15(17)9-16)26-11-18(12-26)24-5-7-25(8-6-24)21(28)19-13-29-14-23-19;27-20(17-3-1-2-15-4-5-22-12-18(15)17)26-13-16(14-26)24-7-9-25(10-8-24)21(28)19-23-6-11-29-19;27-20(17-3-1-2-15-4-5-22-10-18(15)17)26-11-16(12-26)24-6-8-25(9-7-24)21(28)19-13-29-14-23-19/h1-9,20-21,26H,10-18H2;1-4,9,14,18,20,24H,5-8,10-13,15-16H2;1-2,9,13-14,18,22H,3-8,10-12H2;1-3,6,11,16,22H,4-5,7-10,12-14H2;1-3,13-14,16,22H,4-12H2/t20-;;;;/m1..../s1. The van der Waals surface area contributed by atoms with Crippen molar-refractivity contribution in [3.8, 4) is 0 Å². The molecule has 10 aromatic rings. The van der Waals surface area contributed by atoms with Crippen LogP contribution in [-0.4, -0.2) is 425 Å². The molecule has 0 saturated carbocycles. The first-order valence-electron chi connectivity index (χ1n) is 53.3. The topological polar surface area (TPSA) is 331 Å². The quantitative estimate of drug-likeness (QED) is 0.0604. The molecule has 0 spiro atoms. The van der Waals surface area contributed by atoms with E-state index in [1.165, 1.54) is 103 Å². The summed E-state index contributed by atoms with van der Waals surface area (Å²) in [6.07, 6.45) is 9.75. The minimum Gasteiger partial charge on any atom is -0.336 e. The van der Waals surface area contributed by atoms with Crippen LogP contribution in [0.4, 0.5) is 0 Å². The van der Waals surface area contributed by atoms with E-state index in [0.29, 0.717) is 63.4 Å². The highest BCUT2D eigenvalue weighted by molar-refractivity contribution is 7.12. The van der Waals surface area contributed by atoms with E-state index < -0.39 is 0 Å². The van der Waals surface area contributed by atoms with Crippen molar-refractivity contribution in [2.24, 2.45) is 0 Å². The number of aromatic nitrogens is 4. The molecule has 6 aromatic carbocycles. The number of rotatable bonds is 17. The summed E-state index contributed by atoms with van der Waals surface area (Å²) in [5, 5.41) is 25.4. The van der Waals surface area contributed by atoms with Crippen LogP contribution in [0.1, 0.15) is 178 Å². The predicted molar refractivity (Wildman–Crippen MR) is 574 cm³/mol. The van der Waals surface area contributed by atoms with E-state index in [9.17, 15) is 47.9 Å². The van der Waals surface area contributed by atoms with E-state index in [2.05, 4.69) is 113 Å². The average molecular weight is 2090 g/mol. The molecule has 0 unspecified atom stereocenters. The van der Waals surface area contributed by atoms with Gasteiger partial charge in [0.1, 0.15) is 11.4 Å². The Labute approximate surface area is 886 Å². The third-order valence-electron chi connectivity index (χ3n) is 32.6. The number of fused-ring (bicyclic) bond motifs is 3. The van der Waals surface area contributed by atoms with Gasteiger partial charge in [-0.15, -0.1) is 45.3 Å².